The summed E-state index contributed by atoms with van der Waals surface area (Å²) in [7, 11) is 0. The van der Waals surface area contributed by atoms with Crippen molar-refractivity contribution in [3.63, 3.8) is 0 Å². The Morgan fingerprint density at radius 3 is 2.64 bits per heavy atom. The molecule has 5 nitrogen and oxygen atoms in total. The van der Waals surface area contributed by atoms with Crippen LogP contribution in [0.3, 0.4) is 0 Å². The number of anilines is 3. The van der Waals surface area contributed by atoms with Crippen LogP contribution < -0.4 is 10.6 Å². The van der Waals surface area contributed by atoms with Crippen molar-refractivity contribution in [2.75, 3.05) is 10.6 Å². The minimum Gasteiger partial charge on any atom is -0.351 e. The zero-order valence-corrected chi connectivity index (χ0v) is 15.4. The van der Waals surface area contributed by atoms with E-state index in [1.54, 1.807) is 6.20 Å². The summed E-state index contributed by atoms with van der Waals surface area (Å²) in [5.74, 6) is 1.39. The van der Waals surface area contributed by atoms with E-state index in [1.165, 1.54) is 18.4 Å². The standard InChI is InChI=1S/C19H18BrN5/c1-12-10-14(7-8-15(12)20)22-18-11-17(16-4-2-3-9-21-16)24-19(25-18)23-13-5-6-13/h2-4,7-11,13H,5-6H2,1H3,(H2,22,23,24,25). The van der Waals surface area contributed by atoms with E-state index in [-0.39, 0.29) is 0 Å². The smallest absolute Gasteiger partial charge is 0.225 e. The fourth-order valence-corrected chi connectivity index (χ4v) is 2.75. The molecule has 25 heavy (non-hydrogen) atoms. The van der Waals surface area contributed by atoms with Gasteiger partial charge in [0.05, 0.1) is 11.4 Å². The van der Waals surface area contributed by atoms with Crippen LogP contribution >= 0.6 is 15.9 Å². The minimum absolute atomic E-state index is 0.488. The van der Waals surface area contributed by atoms with Gasteiger partial charge in [-0.15, -0.1) is 0 Å². The van der Waals surface area contributed by atoms with E-state index in [0.717, 1.165) is 27.4 Å². The van der Waals surface area contributed by atoms with Crippen LogP contribution in [0.25, 0.3) is 11.4 Å². The second-order valence-electron chi connectivity index (χ2n) is 6.18. The van der Waals surface area contributed by atoms with Crippen LogP contribution in [-0.2, 0) is 0 Å². The van der Waals surface area contributed by atoms with Gasteiger partial charge in [0.2, 0.25) is 5.95 Å². The number of benzene rings is 1. The van der Waals surface area contributed by atoms with Crippen molar-refractivity contribution in [2.24, 2.45) is 0 Å². The van der Waals surface area contributed by atoms with Gasteiger partial charge in [0.1, 0.15) is 5.82 Å². The third-order valence-electron chi connectivity index (χ3n) is 3.99. The van der Waals surface area contributed by atoms with Crippen LogP contribution in [0.2, 0.25) is 0 Å². The van der Waals surface area contributed by atoms with Gasteiger partial charge in [0.25, 0.3) is 0 Å². The van der Waals surface area contributed by atoms with Gasteiger partial charge >= 0.3 is 0 Å². The van der Waals surface area contributed by atoms with Crippen molar-refractivity contribution in [1.29, 1.82) is 0 Å². The van der Waals surface area contributed by atoms with Gasteiger partial charge in [-0.25, -0.2) is 4.98 Å². The van der Waals surface area contributed by atoms with Crippen LogP contribution in [0.15, 0.2) is 53.1 Å². The van der Waals surface area contributed by atoms with E-state index >= 15 is 0 Å². The topological polar surface area (TPSA) is 62.7 Å². The number of aromatic nitrogens is 3. The maximum Gasteiger partial charge on any atom is 0.225 e. The molecular weight excluding hydrogens is 378 g/mol. The zero-order valence-electron chi connectivity index (χ0n) is 13.8. The van der Waals surface area contributed by atoms with Gasteiger partial charge in [-0.05, 0) is 55.7 Å². The van der Waals surface area contributed by atoms with E-state index in [2.05, 4.69) is 54.5 Å². The summed E-state index contributed by atoms with van der Waals surface area (Å²) in [5.41, 5.74) is 3.79. The fraction of sp³-hybridized carbons (Fsp3) is 0.211. The molecule has 0 saturated heterocycles. The van der Waals surface area contributed by atoms with Gasteiger partial charge < -0.3 is 10.6 Å². The molecule has 1 aliphatic carbocycles. The normalized spacial score (nSPS) is 13.5. The third kappa shape index (κ3) is 3.96. The molecule has 2 heterocycles. The molecule has 0 atom stereocenters. The van der Waals surface area contributed by atoms with Crippen molar-refractivity contribution in [3.05, 3.63) is 58.7 Å². The Kier molecular flexibility index (Phi) is 4.36. The van der Waals surface area contributed by atoms with Crippen molar-refractivity contribution in [2.45, 2.75) is 25.8 Å². The summed E-state index contributed by atoms with van der Waals surface area (Å²) >= 11 is 3.53. The quantitative estimate of drug-likeness (QED) is 0.641. The Balaban J connectivity index is 1.68. The summed E-state index contributed by atoms with van der Waals surface area (Å²) in [4.78, 5) is 13.6. The van der Waals surface area contributed by atoms with Crippen LogP contribution in [0.1, 0.15) is 18.4 Å². The van der Waals surface area contributed by atoms with Crippen molar-refractivity contribution in [1.82, 2.24) is 15.0 Å². The summed E-state index contributed by atoms with van der Waals surface area (Å²) in [6.07, 6.45) is 4.12. The maximum absolute atomic E-state index is 4.62. The van der Waals surface area contributed by atoms with E-state index < -0.39 is 0 Å². The number of halogens is 1. The monoisotopic (exact) mass is 395 g/mol. The van der Waals surface area contributed by atoms with Crippen molar-refractivity contribution in [3.8, 4) is 11.4 Å². The molecule has 6 heteroatoms. The maximum atomic E-state index is 4.62. The summed E-state index contributed by atoms with van der Waals surface area (Å²) in [5, 5.41) is 6.75. The molecule has 0 bridgehead atoms. The first-order valence-electron chi connectivity index (χ1n) is 8.27. The number of nitrogens with one attached hydrogen (secondary N) is 2. The van der Waals surface area contributed by atoms with E-state index in [0.29, 0.717) is 12.0 Å². The molecular formula is C19H18BrN5. The molecule has 1 aliphatic rings. The first-order chi connectivity index (χ1) is 12.2. The van der Waals surface area contributed by atoms with Crippen molar-refractivity contribution >= 4 is 33.4 Å². The molecule has 0 radical (unpaired) electrons. The molecule has 2 aromatic heterocycles. The average Bonchev–Trinajstić information content (AvgIpc) is 3.43. The van der Waals surface area contributed by atoms with Crippen LogP contribution in [0.4, 0.5) is 17.5 Å². The number of aryl methyl sites for hydroxylation is 1. The first-order valence-corrected chi connectivity index (χ1v) is 9.07. The van der Waals surface area contributed by atoms with Gasteiger partial charge in [0, 0.05) is 28.5 Å². The zero-order chi connectivity index (χ0) is 17.2. The highest BCUT2D eigenvalue weighted by molar-refractivity contribution is 9.10. The van der Waals surface area contributed by atoms with Crippen molar-refractivity contribution < 1.29 is 0 Å². The largest absolute Gasteiger partial charge is 0.351 e. The lowest BCUT2D eigenvalue weighted by molar-refractivity contribution is 1.05. The van der Waals surface area contributed by atoms with Gasteiger partial charge in [-0.3, -0.25) is 4.98 Å². The molecule has 1 fully saturated rings. The van der Waals surface area contributed by atoms with Crippen LogP contribution in [0.5, 0.6) is 0 Å². The van der Waals surface area contributed by atoms with E-state index in [4.69, 9.17) is 0 Å². The molecule has 4 rings (SSSR count). The number of hydrogen-bond acceptors (Lipinski definition) is 5. The Morgan fingerprint density at radius 2 is 1.92 bits per heavy atom. The highest BCUT2D eigenvalue weighted by Gasteiger charge is 2.22. The van der Waals surface area contributed by atoms with Crippen LogP contribution in [0, 0.1) is 6.92 Å². The Morgan fingerprint density at radius 1 is 1.04 bits per heavy atom. The van der Waals surface area contributed by atoms with E-state index in [1.807, 2.05) is 36.4 Å². The van der Waals surface area contributed by atoms with Gasteiger partial charge in [0.15, 0.2) is 0 Å². The lowest BCUT2D eigenvalue weighted by Gasteiger charge is -2.11. The Bertz CT molecular complexity index is 894. The molecule has 0 unspecified atom stereocenters. The second kappa shape index (κ2) is 6.80. The second-order valence-corrected chi connectivity index (χ2v) is 7.04. The molecule has 126 valence electrons. The third-order valence-corrected chi connectivity index (χ3v) is 4.88. The Hall–Kier alpha value is -2.47. The molecule has 0 spiro atoms. The first kappa shape index (κ1) is 16.0. The molecule has 2 N–H and O–H groups in total. The number of pyridine rings is 1. The average molecular weight is 396 g/mol. The molecule has 1 aromatic carbocycles. The minimum atomic E-state index is 0.488. The lowest BCUT2D eigenvalue weighted by atomic mass is 10.2. The van der Waals surface area contributed by atoms with Crippen LogP contribution in [-0.4, -0.2) is 21.0 Å². The Labute approximate surface area is 155 Å². The van der Waals surface area contributed by atoms with E-state index in [9.17, 15) is 0 Å². The molecule has 1 saturated carbocycles. The number of rotatable bonds is 5. The highest BCUT2D eigenvalue weighted by Crippen LogP contribution is 2.27. The number of nitrogens with zero attached hydrogens (tertiary/aromatic N) is 3. The SMILES string of the molecule is Cc1cc(Nc2cc(-c3ccccn3)nc(NC3CC3)n2)ccc1Br. The summed E-state index contributed by atoms with van der Waals surface area (Å²) in [6, 6.07) is 14.4. The summed E-state index contributed by atoms with van der Waals surface area (Å²) in [6.45, 7) is 2.06. The van der Waals surface area contributed by atoms with Gasteiger partial charge in [-0.1, -0.05) is 22.0 Å². The summed E-state index contributed by atoms with van der Waals surface area (Å²) < 4.78 is 1.09. The molecule has 0 aliphatic heterocycles. The lowest BCUT2D eigenvalue weighted by Crippen LogP contribution is -2.08. The predicted octanol–water partition coefficient (Wildman–Crippen LogP) is 4.93. The highest BCUT2D eigenvalue weighted by atomic mass is 79.9. The fourth-order valence-electron chi connectivity index (χ4n) is 2.50. The van der Waals surface area contributed by atoms with Gasteiger partial charge in [-0.2, -0.15) is 4.98 Å². The molecule has 0 amide bonds. The molecule has 3 aromatic rings. The predicted molar refractivity (Wildman–Crippen MR) is 104 cm³/mol. The number of hydrogen-bond donors (Lipinski definition) is 2.